The van der Waals surface area contributed by atoms with Gasteiger partial charge in [-0.1, -0.05) is 23.7 Å². The molecule has 7 nitrogen and oxygen atoms in total. The first-order valence-corrected chi connectivity index (χ1v) is 9.64. The highest BCUT2D eigenvalue weighted by atomic mass is 35.5. The summed E-state index contributed by atoms with van der Waals surface area (Å²) in [5, 5.41) is 8.19. The van der Waals surface area contributed by atoms with Gasteiger partial charge in [0.1, 0.15) is 5.82 Å². The Labute approximate surface area is 183 Å². The van der Waals surface area contributed by atoms with Crippen molar-refractivity contribution in [3.05, 3.63) is 89.0 Å². The van der Waals surface area contributed by atoms with Crippen LogP contribution in [0.4, 0.5) is 15.8 Å². The van der Waals surface area contributed by atoms with Crippen LogP contribution in [0.1, 0.15) is 23.0 Å². The third-order valence-corrected chi connectivity index (χ3v) is 4.27. The van der Waals surface area contributed by atoms with E-state index in [2.05, 4.69) is 25.9 Å². The molecule has 31 heavy (non-hydrogen) atoms. The molecule has 158 valence electrons. The predicted octanol–water partition coefficient (Wildman–Crippen LogP) is 4.23. The lowest BCUT2D eigenvalue weighted by Gasteiger charge is -2.13. The quantitative estimate of drug-likeness (QED) is 0.409. The zero-order valence-electron chi connectivity index (χ0n) is 16.5. The number of aromatic nitrogens is 1. The van der Waals surface area contributed by atoms with Gasteiger partial charge in [0, 0.05) is 30.1 Å². The molecular formula is C22H19ClFN5O2. The van der Waals surface area contributed by atoms with Gasteiger partial charge < -0.3 is 10.6 Å². The van der Waals surface area contributed by atoms with Gasteiger partial charge in [0.15, 0.2) is 0 Å². The lowest BCUT2D eigenvalue weighted by molar-refractivity contribution is -0.114. The SMILES string of the molecule is CC(=O)Nc1cccc(C(=O)NC(=NCc2ccccn2)Nc2ccc(F)c(Cl)c2)c1. The molecule has 9 heteroatoms. The summed E-state index contributed by atoms with van der Waals surface area (Å²) in [7, 11) is 0. The number of halogens is 2. The number of guanidine groups is 1. The van der Waals surface area contributed by atoms with Gasteiger partial charge in [0.05, 0.1) is 17.3 Å². The highest BCUT2D eigenvalue weighted by Gasteiger charge is 2.11. The molecule has 0 spiro atoms. The standard InChI is InChI=1S/C22H19ClFN5O2/c1-14(30)27-16-7-4-5-15(11-16)21(31)29-22(26-13-18-6-2-3-10-25-18)28-17-8-9-20(24)19(23)12-17/h2-12H,13H2,1H3,(H,27,30)(H2,26,28,29,31). The first-order chi connectivity index (χ1) is 14.9. The van der Waals surface area contributed by atoms with E-state index in [4.69, 9.17) is 11.6 Å². The largest absolute Gasteiger partial charge is 0.326 e. The predicted molar refractivity (Wildman–Crippen MR) is 119 cm³/mol. The molecule has 0 fully saturated rings. The van der Waals surface area contributed by atoms with Crippen molar-refractivity contribution in [1.82, 2.24) is 10.3 Å². The highest BCUT2D eigenvalue weighted by molar-refractivity contribution is 6.31. The van der Waals surface area contributed by atoms with E-state index in [0.29, 0.717) is 22.6 Å². The highest BCUT2D eigenvalue weighted by Crippen LogP contribution is 2.19. The Bertz CT molecular complexity index is 1120. The molecule has 3 aromatic rings. The molecule has 0 bridgehead atoms. The maximum atomic E-state index is 13.5. The number of nitrogens with zero attached hydrogens (tertiary/aromatic N) is 2. The molecule has 0 aliphatic rings. The van der Waals surface area contributed by atoms with Crippen molar-refractivity contribution >= 4 is 40.7 Å². The van der Waals surface area contributed by atoms with Gasteiger partial charge in [-0.25, -0.2) is 9.38 Å². The van der Waals surface area contributed by atoms with Gasteiger partial charge in [-0.2, -0.15) is 0 Å². The summed E-state index contributed by atoms with van der Waals surface area (Å²) in [5.74, 6) is -1.13. The van der Waals surface area contributed by atoms with Crippen LogP contribution in [-0.2, 0) is 11.3 Å². The van der Waals surface area contributed by atoms with E-state index < -0.39 is 11.7 Å². The number of benzene rings is 2. The van der Waals surface area contributed by atoms with Crippen LogP contribution < -0.4 is 16.0 Å². The fourth-order valence-electron chi connectivity index (χ4n) is 2.59. The number of pyridine rings is 1. The lowest BCUT2D eigenvalue weighted by atomic mass is 10.2. The van der Waals surface area contributed by atoms with Crippen molar-refractivity contribution in [2.24, 2.45) is 4.99 Å². The van der Waals surface area contributed by atoms with Crippen LogP contribution in [0.3, 0.4) is 0 Å². The third kappa shape index (κ3) is 6.61. The smallest absolute Gasteiger partial charge is 0.258 e. The van der Waals surface area contributed by atoms with Crippen LogP contribution in [0.5, 0.6) is 0 Å². The van der Waals surface area contributed by atoms with Gasteiger partial charge in [-0.3, -0.25) is 19.9 Å². The van der Waals surface area contributed by atoms with Crippen LogP contribution in [0, 0.1) is 5.82 Å². The van der Waals surface area contributed by atoms with Gasteiger partial charge in [-0.05, 0) is 48.5 Å². The molecule has 0 saturated carbocycles. The summed E-state index contributed by atoms with van der Waals surface area (Å²) in [6, 6.07) is 16.0. The van der Waals surface area contributed by atoms with E-state index in [9.17, 15) is 14.0 Å². The fraction of sp³-hybridized carbons (Fsp3) is 0.0909. The van der Waals surface area contributed by atoms with E-state index in [1.165, 1.54) is 25.1 Å². The van der Waals surface area contributed by atoms with E-state index in [1.807, 2.05) is 6.07 Å². The summed E-state index contributed by atoms with van der Waals surface area (Å²) < 4.78 is 13.5. The normalized spacial score (nSPS) is 11.0. The summed E-state index contributed by atoms with van der Waals surface area (Å²) >= 11 is 5.84. The summed E-state index contributed by atoms with van der Waals surface area (Å²) in [6.45, 7) is 1.58. The van der Waals surface area contributed by atoms with E-state index in [1.54, 1.807) is 42.6 Å². The molecule has 1 aromatic heterocycles. The molecule has 0 atom stereocenters. The number of nitrogens with one attached hydrogen (secondary N) is 3. The third-order valence-electron chi connectivity index (χ3n) is 3.98. The van der Waals surface area contributed by atoms with Crippen LogP contribution in [0.25, 0.3) is 0 Å². The molecule has 2 aromatic carbocycles. The second kappa shape index (κ2) is 10.3. The van der Waals surface area contributed by atoms with Crippen molar-refractivity contribution in [3.63, 3.8) is 0 Å². The number of amides is 2. The van der Waals surface area contributed by atoms with Crippen molar-refractivity contribution in [3.8, 4) is 0 Å². The zero-order chi connectivity index (χ0) is 22.2. The molecule has 0 saturated heterocycles. The number of rotatable bonds is 5. The van der Waals surface area contributed by atoms with Crippen LogP contribution in [-0.4, -0.2) is 22.8 Å². The second-order valence-corrected chi connectivity index (χ2v) is 6.86. The Morgan fingerprint density at radius 3 is 2.55 bits per heavy atom. The van der Waals surface area contributed by atoms with Crippen molar-refractivity contribution in [1.29, 1.82) is 0 Å². The average molecular weight is 440 g/mol. The molecule has 1 heterocycles. The number of hydrogen-bond acceptors (Lipinski definition) is 4. The van der Waals surface area contributed by atoms with Crippen molar-refractivity contribution in [2.75, 3.05) is 10.6 Å². The molecule has 3 rings (SSSR count). The number of anilines is 2. The molecule has 2 amide bonds. The van der Waals surface area contributed by atoms with E-state index >= 15 is 0 Å². The Hall–Kier alpha value is -3.78. The minimum Gasteiger partial charge on any atom is -0.326 e. The molecule has 0 radical (unpaired) electrons. The Morgan fingerprint density at radius 1 is 1.03 bits per heavy atom. The molecule has 0 aliphatic heterocycles. The lowest BCUT2D eigenvalue weighted by Crippen LogP contribution is -2.36. The van der Waals surface area contributed by atoms with Crippen molar-refractivity contribution in [2.45, 2.75) is 13.5 Å². The van der Waals surface area contributed by atoms with E-state index in [-0.39, 0.29) is 23.4 Å². The summed E-state index contributed by atoms with van der Waals surface area (Å²) in [5.41, 5.74) is 1.94. The van der Waals surface area contributed by atoms with Crippen molar-refractivity contribution < 1.29 is 14.0 Å². The first kappa shape index (κ1) is 21.9. The number of aliphatic imine (C=N–C) groups is 1. The molecule has 0 unspecified atom stereocenters. The van der Waals surface area contributed by atoms with Crippen LogP contribution in [0.2, 0.25) is 5.02 Å². The van der Waals surface area contributed by atoms with Crippen LogP contribution >= 0.6 is 11.6 Å². The topological polar surface area (TPSA) is 95.5 Å². The summed E-state index contributed by atoms with van der Waals surface area (Å²) in [6.07, 6.45) is 1.64. The van der Waals surface area contributed by atoms with E-state index in [0.717, 1.165) is 0 Å². The van der Waals surface area contributed by atoms with Gasteiger partial charge in [0.2, 0.25) is 11.9 Å². The van der Waals surface area contributed by atoms with Gasteiger partial charge in [0.25, 0.3) is 5.91 Å². The second-order valence-electron chi connectivity index (χ2n) is 6.46. The molecular weight excluding hydrogens is 421 g/mol. The fourth-order valence-corrected chi connectivity index (χ4v) is 2.77. The Balaban J connectivity index is 1.82. The average Bonchev–Trinajstić information content (AvgIpc) is 2.75. The molecule has 0 aliphatic carbocycles. The minimum atomic E-state index is -0.557. The Kier molecular flexibility index (Phi) is 7.29. The maximum Gasteiger partial charge on any atom is 0.258 e. The number of carbonyl (C=O) groups excluding carboxylic acids is 2. The number of hydrogen-bond donors (Lipinski definition) is 3. The Morgan fingerprint density at radius 2 is 1.84 bits per heavy atom. The minimum absolute atomic E-state index is 0.0663. The summed E-state index contributed by atoms with van der Waals surface area (Å²) in [4.78, 5) is 32.6. The zero-order valence-corrected chi connectivity index (χ0v) is 17.3. The monoisotopic (exact) mass is 439 g/mol. The number of carbonyl (C=O) groups is 2. The first-order valence-electron chi connectivity index (χ1n) is 9.26. The molecule has 3 N–H and O–H groups in total. The van der Waals surface area contributed by atoms with Crippen LogP contribution in [0.15, 0.2) is 71.9 Å². The maximum absolute atomic E-state index is 13.5. The van der Waals surface area contributed by atoms with Gasteiger partial charge >= 0.3 is 0 Å². The van der Waals surface area contributed by atoms with Gasteiger partial charge in [-0.15, -0.1) is 0 Å².